The molecule has 12 rings (SSSR count). The fraction of sp³-hybridized carbons (Fsp3) is 0. The third kappa shape index (κ3) is 4.99. The van der Waals surface area contributed by atoms with Crippen molar-refractivity contribution in [3.63, 3.8) is 0 Å². The molecule has 0 bridgehead atoms. The molecular weight excluding hydrogens is 693 g/mol. The Bertz CT molecular complexity index is 3510. The molecule has 0 aliphatic carbocycles. The molecule has 9 aromatic carbocycles. The van der Waals surface area contributed by atoms with Gasteiger partial charge < -0.3 is 13.6 Å². The maximum absolute atomic E-state index is 6.47. The minimum absolute atomic E-state index is 0.881. The van der Waals surface area contributed by atoms with Gasteiger partial charge in [-0.2, -0.15) is 0 Å². The SMILES string of the molecule is c1ccc(-c2cccc(-c3ccc4c(c3)c3ccccc3n4-c3ccc4oc5ccc(-c6ccc7c8ccccc8n(-c8ccccc8)c7c6)cc5c4c3)c2)cc1. The Kier molecular flexibility index (Phi) is 6.93. The molecule has 57 heavy (non-hydrogen) atoms. The standard InChI is InChI=1S/C54H34N2O/c1-3-12-35(13-4-1)36-14-11-15-37(30-36)38-23-27-51-46(31-38)44-19-8-10-21-50(44)56(51)42-25-29-54-48(34-42)47-32-39(24-28-53(47)57-54)40-22-26-45-43-18-7-9-20-49(43)55(52(45)33-40)41-16-5-2-6-17-41/h1-34H. The van der Waals surface area contributed by atoms with E-state index in [1.807, 2.05) is 0 Å². The second-order valence-corrected chi connectivity index (χ2v) is 14.9. The van der Waals surface area contributed by atoms with Crippen molar-refractivity contribution in [2.75, 3.05) is 0 Å². The van der Waals surface area contributed by atoms with E-state index in [4.69, 9.17) is 4.42 Å². The van der Waals surface area contributed by atoms with Crippen LogP contribution in [0.15, 0.2) is 211 Å². The monoisotopic (exact) mass is 726 g/mol. The Balaban J connectivity index is 0.991. The summed E-state index contributed by atoms with van der Waals surface area (Å²) in [6.45, 7) is 0. The van der Waals surface area contributed by atoms with Crippen molar-refractivity contribution in [1.82, 2.24) is 9.13 Å². The molecule has 0 spiro atoms. The summed E-state index contributed by atoms with van der Waals surface area (Å²) in [7, 11) is 0. The van der Waals surface area contributed by atoms with Gasteiger partial charge in [0.05, 0.1) is 22.1 Å². The highest BCUT2D eigenvalue weighted by Gasteiger charge is 2.17. The molecule has 0 aliphatic heterocycles. The first-order valence-corrected chi connectivity index (χ1v) is 19.5. The number of benzene rings is 9. The largest absolute Gasteiger partial charge is 0.456 e. The minimum atomic E-state index is 0.881. The first-order valence-electron chi connectivity index (χ1n) is 19.5. The number of hydrogen-bond donors (Lipinski definition) is 0. The second kappa shape index (κ2) is 12.5. The molecule has 0 N–H and O–H groups in total. The van der Waals surface area contributed by atoms with E-state index in [-0.39, 0.29) is 0 Å². The molecule has 3 heteroatoms. The van der Waals surface area contributed by atoms with Crippen molar-refractivity contribution in [2.45, 2.75) is 0 Å². The number of rotatable bonds is 5. The molecule has 0 unspecified atom stereocenters. The third-order valence-corrected chi connectivity index (χ3v) is 11.7. The van der Waals surface area contributed by atoms with Crippen LogP contribution in [0, 0.1) is 0 Å². The van der Waals surface area contributed by atoms with Gasteiger partial charge in [0.25, 0.3) is 0 Å². The van der Waals surface area contributed by atoms with Crippen LogP contribution in [0.4, 0.5) is 0 Å². The van der Waals surface area contributed by atoms with Crippen LogP contribution in [-0.2, 0) is 0 Å². The summed E-state index contributed by atoms with van der Waals surface area (Å²) in [4.78, 5) is 0. The Morgan fingerprint density at radius 1 is 0.246 bits per heavy atom. The summed E-state index contributed by atoms with van der Waals surface area (Å²) >= 11 is 0. The zero-order chi connectivity index (χ0) is 37.5. The summed E-state index contributed by atoms with van der Waals surface area (Å²) in [5.74, 6) is 0. The lowest BCUT2D eigenvalue weighted by atomic mass is 9.98. The van der Waals surface area contributed by atoms with Crippen molar-refractivity contribution in [3.05, 3.63) is 206 Å². The summed E-state index contributed by atoms with van der Waals surface area (Å²) < 4.78 is 11.2. The van der Waals surface area contributed by atoms with E-state index in [0.717, 1.165) is 38.9 Å². The predicted octanol–water partition coefficient (Wildman–Crippen LogP) is 14.8. The summed E-state index contributed by atoms with van der Waals surface area (Å²) in [6, 6.07) is 74.5. The van der Waals surface area contributed by atoms with Crippen LogP contribution in [0.2, 0.25) is 0 Å². The van der Waals surface area contributed by atoms with Gasteiger partial charge in [-0.15, -0.1) is 0 Å². The average molecular weight is 727 g/mol. The molecule has 12 aromatic rings. The van der Waals surface area contributed by atoms with E-state index in [2.05, 4.69) is 215 Å². The van der Waals surface area contributed by atoms with E-state index in [0.29, 0.717) is 0 Å². The van der Waals surface area contributed by atoms with E-state index in [9.17, 15) is 0 Å². The van der Waals surface area contributed by atoms with Crippen molar-refractivity contribution in [1.29, 1.82) is 0 Å². The van der Waals surface area contributed by atoms with Gasteiger partial charge in [0.2, 0.25) is 0 Å². The third-order valence-electron chi connectivity index (χ3n) is 11.7. The van der Waals surface area contributed by atoms with Gasteiger partial charge >= 0.3 is 0 Å². The highest BCUT2D eigenvalue weighted by atomic mass is 16.3. The van der Waals surface area contributed by atoms with Gasteiger partial charge in [-0.3, -0.25) is 0 Å². The first kappa shape index (κ1) is 31.7. The number of fused-ring (bicyclic) bond motifs is 9. The van der Waals surface area contributed by atoms with Crippen LogP contribution >= 0.6 is 0 Å². The van der Waals surface area contributed by atoms with Crippen LogP contribution in [-0.4, -0.2) is 9.13 Å². The molecular formula is C54H34N2O. The van der Waals surface area contributed by atoms with Crippen LogP contribution in [0.3, 0.4) is 0 Å². The molecule has 3 aromatic heterocycles. The Labute approximate surface area is 328 Å². The maximum Gasteiger partial charge on any atom is 0.135 e. The molecule has 0 saturated carbocycles. The van der Waals surface area contributed by atoms with Crippen molar-refractivity contribution in [2.24, 2.45) is 0 Å². The molecule has 0 radical (unpaired) electrons. The lowest BCUT2D eigenvalue weighted by molar-refractivity contribution is 0.669. The normalized spacial score (nSPS) is 11.9. The summed E-state index contributed by atoms with van der Waals surface area (Å²) in [5.41, 5.74) is 16.0. The second-order valence-electron chi connectivity index (χ2n) is 14.9. The quantitative estimate of drug-likeness (QED) is 0.173. The number of aromatic nitrogens is 2. The van der Waals surface area contributed by atoms with Gasteiger partial charge in [0, 0.05) is 43.7 Å². The van der Waals surface area contributed by atoms with Gasteiger partial charge in [0.15, 0.2) is 0 Å². The van der Waals surface area contributed by atoms with Gasteiger partial charge in [-0.25, -0.2) is 0 Å². The fourth-order valence-corrected chi connectivity index (χ4v) is 9.03. The molecule has 0 atom stereocenters. The van der Waals surface area contributed by atoms with Gasteiger partial charge in [-0.05, 0) is 112 Å². The zero-order valence-electron chi connectivity index (χ0n) is 30.9. The highest BCUT2D eigenvalue weighted by molar-refractivity contribution is 6.13. The topological polar surface area (TPSA) is 23.0 Å². The minimum Gasteiger partial charge on any atom is -0.456 e. The van der Waals surface area contributed by atoms with Crippen molar-refractivity contribution >= 4 is 65.6 Å². The van der Waals surface area contributed by atoms with Crippen molar-refractivity contribution in [3.8, 4) is 44.8 Å². The van der Waals surface area contributed by atoms with E-state index in [1.165, 1.54) is 71.4 Å². The van der Waals surface area contributed by atoms with E-state index >= 15 is 0 Å². The average Bonchev–Trinajstić information content (AvgIpc) is 3.93. The van der Waals surface area contributed by atoms with E-state index < -0.39 is 0 Å². The maximum atomic E-state index is 6.47. The Morgan fingerprint density at radius 3 is 1.51 bits per heavy atom. The molecule has 266 valence electrons. The van der Waals surface area contributed by atoms with Crippen LogP contribution < -0.4 is 0 Å². The lowest BCUT2D eigenvalue weighted by Gasteiger charge is -2.10. The number of hydrogen-bond acceptors (Lipinski definition) is 1. The summed E-state index contributed by atoms with van der Waals surface area (Å²) in [5, 5.41) is 7.17. The highest BCUT2D eigenvalue weighted by Crippen LogP contribution is 2.40. The van der Waals surface area contributed by atoms with Gasteiger partial charge in [0.1, 0.15) is 11.2 Å². The molecule has 0 amide bonds. The number of furan rings is 1. The Morgan fingerprint density at radius 2 is 0.737 bits per heavy atom. The number of para-hydroxylation sites is 3. The van der Waals surface area contributed by atoms with E-state index in [1.54, 1.807) is 0 Å². The van der Waals surface area contributed by atoms with Crippen LogP contribution in [0.5, 0.6) is 0 Å². The smallest absolute Gasteiger partial charge is 0.135 e. The molecule has 0 aliphatic rings. The number of nitrogens with zero attached hydrogens (tertiary/aromatic N) is 2. The molecule has 0 saturated heterocycles. The van der Waals surface area contributed by atoms with Crippen LogP contribution in [0.1, 0.15) is 0 Å². The Hall–Kier alpha value is -7.62. The molecule has 0 fully saturated rings. The zero-order valence-corrected chi connectivity index (χ0v) is 30.9. The van der Waals surface area contributed by atoms with Crippen molar-refractivity contribution < 1.29 is 4.42 Å². The fourth-order valence-electron chi connectivity index (χ4n) is 9.03. The lowest BCUT2D eigenvalue weighted by Crippen LogP contribution is -1.93. The summed E-state index contributed by atoms with van der Waals surface area (Å²) in [6.07, 6.45) is 0. The van der Waals surface area contributed by atoms with Crippen LogP contribution in [0.25, 0.3) is 110 Å². The van der Waals surface area contributed by atoms with Gasteiger partial charge in [-0.1, -0.05) is 127 Å². The molecule has 3 nitrogen and oxygen atoms in total. The predicted molar refractivity (Wildman–Crippen MR) is 239 cm³/mol. The molecule has 3 heterocycles. The first-order chi connectivity index (χ1) is 28.2.